The molecular formula is C60H32N8O. The van der Waals surface area contributed by atoms with Crippen LogP contribution in [0.25, 0.3) is 93.9 Å². The summed E-state index contributed by atoms with van der Waals surface area (Å²) in [6.45, 7) is 0. The molecule has 318 valence electrons. The van der Waals surface area contributed by atoms with Gasteiger partial charge >= 0.3 is 0 Å². The normalized spacial score (nSPS) is 13.1. The van der Waals surface area contributed by atoms with Gasteiger partial charge in [0.25, 0.3) is 0 Å². The van der Waals surface area contributed by atoms with E-state index in [0.29, 0.717) is 11.1 Å². The zero-order valence-corrected chi connectivity index (χ0v) is 36.5. The fourth-order valence-electron chi connectivity index (χ4n) is 11.8. The molecule has 0 bridgehead atoms. The fourth-order valence-corrected chi connectivity index (χ4v) is 11.8. The Bertz CT molecular complexity index is 4470. The average Bonchev–Trinajstić information content (AvgIpc) is 4.12. The standard InChI is InChI=1S/C60H32N8O/c61-32-35-13-18-52-43(27-35)40-7-1-3-11-50(40)66(52)37-15-20-54-45(29-37)41-8-2-4-12-51(41)67(54)38-16-21-56-48(30-38)60(46-9-5-24-64-58(46)59-47(60)10-6-25-65-59)49-31-39(17-22-57(49)69-56)68-53-19-14-36(33-62)28-44(53)42-23-26-63-34-55(42)68/h1-31,34H. The third-order valence-corrected chi connectivity index (χ3v) is 14.5. The Hall–Kier alpha value is -9.83. The SMILES string of the molecule is N#Cc1ccc2c(c1)c1ccccc1n2-c1ccc2c(c1)c1ccccc1n2-c1ccc2c(c1)C1(c3cc(-n4c5ccc(C#N)cc5c5ccncc54)ccc3O2)c2cccnc2-c2ncccc21. The zero-order valence-electron chi connectivity index (χ0n) is 36.5. The monoisotopic (exact) mass is 880 g/mol. The summed E-state index contributed by atoms with van der Waals surface area (Å²) < 4.78 is 13.9. The van der Waals surface area contributed by atoms with E-state index in [1.165, 1.54) is 0 Å². The van der Waals surface area contributed by atoms with Crippen LogP contribution in [0.5, 0.6) is 11.5 Å². The van der Waals surface area contributed by atoms with Gasteiger partial charge in [0.05, 0.1) is 79.4 Å². The molecule has 0 atom stereocenters. The highest BCUT2D eigenvalue weighted by Crippen LogP contribution is 2.62. The summed E-state index contributed by atoms with van der Waals surface area (Å²) in [6, 6.07) is 63.7. The maximum absolute atomic E-state index is 9.89. The third-order valence-electron chi connectivity index (χ3n) is 14.5. The van der Waals surface area contributed by atoms with Crippen molar-refractivity contribution in [3.8, 4) is 52.1 Å². The van der Waals surface area contributed by atoms with Gasteiger partial charge in [-0.3, -0.25) is 15.0 Å². The first-order valence-corrected chi connectivity index (χ1v) is 22.8. The van der Waals surface area contributed by atoms with Gasteiger partial charge in [-0.1, -0.05) is 48.5 Å². The van der Waals surface area contributed by atoms with Crippen LogP contribution >= 0.6 is 0 Å². The molecule has 13 aromatic rings. The maximum Gasteiger partial charge on any atom is 0.132 e. The Kier molecular flexibility index (Phi) is 7.38. The fraction of sp³-hybridized carbons (Fsp3) is 0.0167. The van der Waals surface area contributed by atoms with Gasteiger partial charge < -0.3 is 18.4 Å². The van der Waals surface area contributed by atoms with E-state index in [9.17, 15) is 10.5 Å². The van der Waals surface area contributed by atoms with Crippen LogP contribution in [0.15, 0.2) is 195 Å². The van der Waals surface area contributed by atoms with Crippen molar-refractivity contribution in [2.75, 3.05) is 0 Å². The molecule has 0 amide bonds. The van der Waals surface area contributed by atoms with E-state index >= 15 is 0 Å². The minimum Gasteiger partial charge on any atom is -0.457 e. The Labute approximate surface area is 393 Å². The number of nitrogens with zero attached hydrogens (tertiary/aromatic N) is 8. The average molecular weight is 881 g/mol. The van der Waals surface area contributed by atoms with Crippen molar-refractivity contribution in [2.45, 2.75) is 5.41 Å². The molecule has 0 radical (unpaired) electrons. The lowest BCUT2D eigenvalue weighted by Gasteiger charge is -2.39. The van der Waals surface area contributed by atoms with Crippen LogP contribution in [-0.4, -0.2) is 28.7 Å². The van der Waals surface area contributed by atoms with Gasteiger partial charge in [0.2, 0.25) is 0 Å². The number of pyridine rings is 3. The summed E-state index contributed by atoms with van der Waals surface area (Å²) in [5.41, 5.74) is 15.2. The van der Waals surface area contributed by atoms with E-state index in [-0.39, 0.29) is 0 Å². The molecule has 1 aliphatic heterocycles. The van der Waals surface area contributed by atoms with Crippen molar-refractivity contribution in [3.63, 3.8) is 0 Å². The lowest BCUT2D eigenvalue weighted by molar-refractivity contribution is 0.436. The smallest absolute Gasteiger partial charge is 0.132 e. The van der Waals surface area contributed by atoms with Gasteiger partial charge in [0, 0.05) is 79.1 Å². The summed E-state index contributed by atoms with van der Waals surface area (Å²) in [5, 5.41) is 26.1. The van der Waals surface area contributed by atoms with Crippen molar-refractivity contribution >= 4 is 65.4 Å². The molecule has 1 aliphatic carbocycles. The second kappa shape index (κ2) is 13.6. The molecule has 0 N–H and O–H groups in total. The molecule has 7 aromatic carbocycles. The van der Waals surface area contributed by atoms with Crippen LogP contribution in [0.2, 0.25) is 0 Å². The van der Waals surface area contributed by atoms with Gasteiger partial charge in [-0.25, -0.2) is 0 Å². The highest BCUT2D eigenvalue weighted by molar-refractivity contribution is 6.13. The first kappa shape index (κ1) is 37.4. The van der Waals surface area contributed by atoms with Crippen molar-refractivity contribution < 1.29 is 4.74 Å². The minimum atomic E-state index is -0.874. The number of aromatic nitrogens is 6. The molecule has 15 rings (SSSR count). The lowest BCUT2D eigenvalue weighted by atomic mass is 9.66. The van der Waals surface area contributed by atoms with Crippen LogP contribution in [0.3, 0.4) is 0 Å². The number of rotatable bonds is 3. The van der Waals surface area contributed by atoms with Gasteiger partial charge in [-0.2, -0.15) is 10.5 Å². The molecule has 7 heterocycles. The Morgan fingerprint density at radius 3 is 1.42 bits per heavy atom. The molecule has 9 heteroatoms. The predicted molar refractivity (Wildman–Crippen MR) is 270 cm³/mol. The van der Waals surface area contributed by atoms with E-state index in [2.05, 4.69) is 152 Å². The number of hydrogen-bond acceptors (Lipinski definition) is 6. The molecule has 69 heavy (non-hydrogen) atoms. The molecule has 0 saturated carbocycles. The van der Waals surface area contributed by atoms with Gasteiger partial charge in [-0.05, 0) is 132 Å². The molecule has 6 aromatic heterocycles. The predicted octanol–water partition coefficient (Wildman–Crippen LogP) is 13.4. The topological polar surface area (TPSA) is 110 Å². The first-order valence-electron chi connectivity index (χ1n) is 22.8. The number of benzene rings is 7. The van der Waals surface area contributed by atoms with E-state index in [0.717, 1.165) is 128 Å². The Morgan fingerprint density at radius 1 is 0.391 bits per heavy atom. The van der Waals surface area contributed by atoms with Gasteiger partial charge in [-0.15, -0.1) is 0 Å². The largest absolute Gasteiger partial charge is 0.457 e. The van der Waals surface area contributed by atoms with E-state index < -0.39 is 5.41 Å². The molecule has 9 nitrogen and oxygen atoms in total. The maximum atomic E-state index is 9.89. The molecule has 2 aliphatic rings. The van der Waals surface area contributed by atoms with Crippen molar-refractivity contribution in [1.29, 1.82) is 10.5 Å². The summed E-state index contributed by atoms with van der Waals surface area (Å²) in [6.07, 6.45) is 7.39. The molecule has 0 unspecified atom stereocenters. The van der Waals surface area contributed by atoms with Crippen LogP contribution in [0, 0.1) is 22.7 Å². The summed E-state index contributed by atoms with van der Waals surface area (Å²) >= 11 is 0. The van der Waals surface area contributed by atoms with Crippen LogP contribution in [0.4, 0.5) is 0 Å². The van der Waals surface area contributed by atoms with Crippen LogP contribution < -0.4 is 4.74 Å². The first-order chi connectivity index (χ1) is 34.1. The lowest BCUT2D eigenvalue weighted by Crippen LogP contribution is -2.32. The second-order valence-corrected chi connectivity index (χ2v) is 17.8. The Morgan fingerprint density at radius 2 is 0.855 bits per heavy atom. The zero-order chi connectivity index (χ0) is 45.5. The highest BCUT2D eigenvalue weighted by atomic mass is 16.5. The van der Waals surface area contributed by atoms with E-state index in [1.807, 2.05) is 67.1 Å². The third kappa shape index (κ3) is 4.87. The number of para-hydroxylation sites is 2. The van der Waals surface area contributed by atoms with Crippen molar-refractivity contribution in [1.82, 2.24) is 28.7 Å². The second-order valence-electron chi connectivity index (χ2n) is 17.8. The number of nitriles is 2. The summed E-state index contributed by atoms with van der Waals surface area (Å²) in [5.74, 6) is 1.50. The van der Waals surface area contributed by atoms with Crippen molar-refractivity contribution in [2.24, 2.45) is 0 Å². The molecular weight excluding hydrogens is 849 g/mol. The minimum absolute atomic E-state index is 0.602. The number of hydrogen-bond donors (Lipinski definition) is 0. The highest BCUT2D eigenvalue weighted by Gasteiger charge is 2.52. The van der Waals surface area contributed by atoms with Crippen LogP contribution in [0.1, 0.15) is 33.4 Å². The van der Waals surface area contributed by atoms with Crippen LogP contribution in [-0.2, 0) is 5.41 Å². The molecule has 0 saturated heterocycles. The molecule has 1 spiro atoms. The Balaban J connectivity index is 0.981. The van der Waals surface area contributed by atoms with Crippen molar-refractivity contribution in [3.05, 3.63) is 228 Å². The summed E-state index contributed by atoms with van der Waals surface area (Å²) in [7, 11) is 0. The van der Waals surface area contributed by atoms with Gasteiger partial charge in [0.15, 0.2) is 0 Å². The van der Waals surface area contributed by atoms with Gasteiger partial charge in [0.1, 0.15) is 11.5 Å². The number of fused-ring (bicyclic) bond motifs is 18. The quantitative estimate of drug-likeness (QED) is 0.175. The number of ether oxygens (including phenoxy) is 1. The van der Waals surface area contributed by atoms with E-state index in [4.69, 9.17) is 14.7 Å². The van der Waals surface area contributed by atoms with E-state index in [1.54, 1.807) is 6.20 Å². The molecule has 0 fully saturated rings. The summed E-state index contributed by atoms with van der Waals surface area (Å²) in [4.78, 5) is 14.6.